The molecule has 18 heavy (non-hydrogen) atoms. The Balaban J connectivity index is 2.33. The third-order valence-electron chi connectivity index (χ3n) is 3.99. The smallest absolute Gasteiger partial charge is 0.170 e. The Morgan fingerprint density at radius 2 is 1.94 bits per heavy atom. The van der Waals surface area contributed by atoms with Crippen LogP contribution in [-0.4, -0.2) is 12.3 Å². The van der Waals surface area contributed by atoms with Crippen molar-refractivity contribution < 1.29 is 9.18 Å². The van der Waals surface area contributed by atoms with Crippen LogP contribution in [0.4, 0.5) is 4.39 Å². The molecule has 0 heterocycles. The summed E-state index contributed by atoms with van der Waals surface area (Å²) in [6.07, 6.45) is 4.90. The Morgan fingerprint density at radius 3 is 2.50 bits per heavy atom. The van der Waals surface area contributed by atoms with Crippen LogP contribution in [-0.2, 0) is 0 Å². The van der Waals surface area contributed by atoms with Crippen LogP contribution in [0.15, 0.2) is 18.2 Å². The zero-order valence-electron chi connectivity index (χ0n) is 10.8. The molecule has 1 aromatic carbocycles. The predicted molar refractivity (Wildman–Crippen MR) is 70.0 cm³/mol. The minimum atomic E-state index is -0.460. The fourth-order valence-electron chi connectivity index (χ4n) is 2.93. The SMILES string of the molecule is Cc1cc(F)cc(C(=O)C2(CN)CCCCC2)c1. The van der Waals surface area contributed by atoms with Crippen LogP contribution in [0.5, 0.6) is 0 Å². The minimum Gasteiger partial charge on any atom is -0.329 e. The van der Waals surface area contributed by atoms with E-state index in [9.17, 15) is 9.18 Å². The lowest BCUT2D eigenvalue weighted by Gasteiger charge is -2.34. The minimum absolute atomic E-state index is 0.0206. The van der Waals surface area contributed by atoms with Crippen molar-refractivity contribution in [3.8, 4) is 0 Å². The van der Waals surface area contributed by atoms with Crippen LogP contribution >= 0.6 is 0 Å². The van der Waals surface area contributed by atoms with E-state index in [1.807, 2.05) is 0 Å². The number of hydrogen-bond acceptors (Lipinski definition) is 2. The molecule has 0 bridgehead atoms. The molecule has 1 aromatic rings. The van der Waals surface area contributed by atoms with Gasteiger partial charge in [0, 0.05) is 17.5 Å². The van der Waals surface area contributed by atoms with E-state index in [-0.39, 0.29) is 11.6 Å². The molecular formula is C15H20FNO. The van der Waals surface area contributed by atoms with Gasteiger partial charge in [0.05, 0.1) is 0 Å². The molecule has 0 radical (unpaired) electrons. The molecule has 1 aliphatic rings. The van der Waals surface area contributed by atoms with Crippen LogP contribution in [0.3, 0.4) is 0 Å². The summed E-state index contributed by atoms with van der Waals surface area (Å²) < 4.78 is 13.4. The van der Waals surface area contributed by atoms with E-state index in [4.69, 9.17) is 5.73 Å². The molecule has 3 heteroatoms. The molecule has 2 nitrogen and oxygen atoms in total. The number of nitrogens with two attached hydrogens (primary N) is 1. The van der Waals surface area contributed by atoms with E-state index in [1.165, 1.54) is 12.1 Å². The molecule has 0 atom stereocenters. The number of rotatable bonds is 3. The maximum absolute atomic E-state index is 13.4. The van der Waals surface area contributed by atoms with Gasteiger partial charge in [0.1, 0.15) is 5.82 Å². The molecule has 0 aromatic heterocycles. The second-order valence-corrected chi connectivity index (χ2v) is 5.39. The van der Waals surface area contributed by atoms with Gasteiger partial charge in [-0.15, -0.1) is 0 Å². The highest BCUT2D eigenvalue weighted by atomic mass is 19.1. The van der Waals surface area contributed by atoms with Gasteiger partial charge in [-0.25, -0.2) is 4.39 Å². The quantitative estimate of drug-likeness (QED) is 0.836. The standard InChI is InChI=1S/C15H20FNO/c1-11-7-12(9-13(16)8-11)14(18)15(10-17)5-3-2-4-6-15/h7-9H,2-6,10,17H2,1H3. The highest BCUT2D eigenvalue weighted by Gasteiger charge is 2.38. The van der Waals surface area contributed by atoms with Crippen LogP contribution in [0.2, 0.25) is 0 Å². The van der Waals surface area contributed by atoms with E-state index in [0.717, 1.165) is 37.7 Å². The van der Waals surface area contributed by atoms with Crippen LogP contribution < -0.4 is 5.73 Å². The summed E-state index contributed by atoms with van der Waals surface area (Å²) in [7, 11) is 0. The first-order valence-corrected chi connectivity index (χ1v) is 6.59. The molecular weight excluding hydrogens is 229 g/mol. The van der Waals surface area contributed by atoms with E-state index in [0.29, 0.717) is 12.1 Å². The second-order valence-electron chi connectivity index (χ2n) is 5.39. The van der Waals surface area contributed by atoms with E-state index < -0.39 is 5.41 Å². The summed E-state index contributed by atoms with van der Waals surface area (Å²) in [5.41, 5.74) is 6.63. The van der Waals surface area contributed by atoms with E-state index >= 15 is 0 Å². The Bertz CT molecular complexity index is 430. The lowest BCUT2D eigenvalue weighted by molar-refractivity contribution is 0.0729. The van der Waals surface area contributed by atoms with Crippen molar-refractivity contribution in [2.45, 2.75) is 39.0 Å². The third-order valence-corrected chi connectivity index (χ3v) is 3.99. The first kappa shape index (κ1) is 13.2. The van der Waals surface area contributed by atoms with E-state index in [2.05, 4.69) is 0 Å². The van der Waals surface area contributed by atoms with Gasteiger partial charge >= 0.3 is 0 Å². The lowest BCUT2D eigenvalue weighted by Crippen LogP contribution is -2.40. The molecule has 0 spiro atoms. The maximum atomic E-state index is 13.4. The lowest BCUT2D eigenvalue weighted by atomic mass is 9.69. The Labute approximate surface area is 107 Å². The molecule has 0 amide bonds. The van der Waals surface area contributed by atoms with Crippen molar-refractivity contribution in [1.29, 1.82) is 0 Å². The highest BCUT2D eigenvalue weighted by molar-refractivity contribution is 6.01. The number of hydrogen-bond donors (Lipinski definition) is 1. The predicted octanol–water partition coefficient (Wildman–Crippen LogP) is 3.23. The van der Waals surface area contributed by atoms with Crippen molar-refractivity contribution in [2.75, 3.05) is 6.54 Å². The van der Waals surface area contributed by atoms with Crippen LogP contribution in [0, 0.1) is 18.2 Å². The van der Waals surface area contributed by atoms with Crippen LogP contribution in [0.25, 0.3) is 0 Å². The number of benzene rings is 1. The van der Waals surface area contributed by atoms with Gasteiger partial charge in [0.15, 0.2) is 5.78 Å². The van der Waals surface area contributed by atoms with Gasteiger partial charge in [0.2, 0.25) is 0 Å². The zero-order valence-corrected chi connectivity index (χ0v) is 10.8. The number of Topliss-reactive ketones (excluding diaryl/α,β-unsaturated/α-hetero) is 1. The molecule has 2 N–H and O–H groups in total. The summed E-state index contributed by atoms with van der Waals surface area (Å²) in [4.78, 5) is 12.6. The topological polar surface area (TPSA) is 43.1 Å². The van der Waals surface area contributed by atoms with Gasteiger partial charge in [-0.2, -0.15) is 0 Å². The number of halogens is 1. The number of carbonyl (C=O) groups is 1. The normalized spacial score (nSPS) is 18.6. The van der Waals surface area contributed by atoms with Crippen molar-refractivity contribution >= 4 is 5.78 Å². The summed E-state index contributed by atoms with van der Waals surface area (Å²) in [5.74, 6) is -0.325. The first-order chi connectivity index (χ1) is 8.57. The molecule has 0 unspecified atom stereocenters. The van der Waals surface area contributed by atoms with Crippen molar-refractivity contribution in [3.05, 3.63) is 35.1 Å². The van der Waals surface area contributed by atoms with Gasteiger partial charge in [-0.05, 0) is 43.5 Å². The first-order valence-electron chi connectivity index (χ1n) is 6.59. The Hall–Kier alpha value is -1.22. The molecule has 1 saturated carbocycles. The van der Waals surface area contributed by atoms with Crippen molar-refractivity contribution in [3.63, 3.8) is 0 Å². The number of aryl methyl sites for hydroxylation is 1. The van der Waals surface area contributed by atoms with E-state index in [1.54, 1.807) is 13.0 Å². The van der Waals surface area contributed by atoms with Gasteiger partial charge in [-0.1, -0.05) is 19.3 Å². The highest BCUT2D eigenvalue weighted by Crippen LogP contribution is 2.38. The summed E-state index contributed by atoms with van der Waals surface area (Å²) in [5, 5.41) is 0. The molecule has 1 fully saturated rings. The average molecular weight is 249 g/mol. The molecule has 98 valence electrons. The third kappa shape index (κ3) is 2.46. The molecule has 2 rings (SSSR count). The fraction of sp³-hybridized carbons (Fsp3) is 0.533. The fourth-order valence-corrected chi connectivity index (χ4v) is 2.93. The average Bonchev–Trinajstić information content (AvgIpc) is 2.37. The number of carbonyl (C=O) groups excluding carboxylic acids is 1. The van der Waals surface area contributed by atoms with Crippen LogP contribution in [0.1, 0.15) is 48.0 Å². The monoisotopic (exact) mass is 249 g/mol. The number of ketones is 1. The van der Waals surface area contributed by atoms with Crippen molar-refractivity contribution in [2.24, 2.45) is 11.1 Å². The zero-order chi connectivity index (χ0) is 13.2. The Kier molecular flexibility index (Phi) is 3.81. The molecule has 1 aliphatic carbocycles. The maximum Gasteiger partial charge on any atom is 0.170 e. The van der Waals surface area contributed by atoms with Gasteiger partial charge in [-0.3, -0.25) is 4.79 Å². The summed E-state index contributed by atoms with van der Waals surface area (Å²) in [6, 6.07) is 4.53. The van der Waals surface area contributed by atoms with Gasteiger partial charge < -0.3 is 5.73 Å². The summed E-state index contributed by atoms with van der Waals surface area (Å²) in [6.45, 7) is 2.16. The summed E-state index contributed by atoms with van der Waals surface area (Å²) >= 11 is 0. The molecule has 0 aliphatic heterocycles. The molecule has 0 saturated heterocycles. The van der Waals surface area contributed by atoms with Gasteiger partial charge in [0.25, 0.3) is 0 Å². The Morgan fingerprint density at radius 1 is 1.28 bits per heavy atom. The second kappa shape index (κ2) is 5.19. The largest absolute Gasteiger partial charge is 0.329 e. The van der Waals surface area contributed by atoms with Crippen molar-refractivity contribution in [1.82, 2.24) is 0 Å².